The predicted octanol–water partition coefficient (Wildman–Crippen LogP) is 2.12. The van der Waals surface area contributed by atoms with Crippen LogP contribution in [0.1, 0.15) is 18.0 Å². The van der Waals surface area contributed by atoms with Crippen molar-refractivity contribution in [2.45, 2.75) is 18.9 Å². The molecule has 1 aromatic rings. The highest BCUT2D eigenvalue weighted by Gasteiger charge is 2.28. The molecule has 1 aliphatic heterocycles. The van der Waals surface area contributed by atoms with E-state index < -0.39 is 12.5 Å². The van der Waals surface area contributed by atoms with Gasteiger partial charge in [-0.25, -0.2) is 8.78 Å². The van der Waals surface area contributed by atoms with Crippen LogP contribution in [0.4, 0.5) is 8.78 Å². The van der Waals surface area contributed by atoms with Gasteiger partial charge in [0.25, 0.3) is 0 Å². The average molecular weight is 309 g/mol. The van der Waals surface area contributed by atoms with E-state index in [1.165, 1.54) is 6.07 Å². The van der Waals surface area contributed by atoms with Crippen LogP contribution in [0, 0.1) is 0 Å². The monoisotopic (exact) mass is 308 g/mol. The van der Waals surface area contributed by atoms with Gasteiger partial charge in [-0.2, -0.15) is 0 Å². The van der Waals surface area contributed by atoms with E-state index in [0.717, 1.165) is 13.1 Å². The van der Waals surface area contributed by atoms with Crippen molar-refractivity contribution >= 4 is 12.4 Å². The van der Waals surface area contributed by atoms with Crippen molar-refractivity contribution in [3.63, 3.8) is 0 Å². The number of hydrogen-bond donors (Lipinski definition) is 3. The van der Waals surface area contributed by atoms with Gasteiger partial charge in [0.1, 0.15) is 0 Å². The van der Waals surface area contributed by atoms with Crippen LogP contribution in [0.2, 0.25) is 0 Å². The fourth-order valence-electron chi connectivity index (χ4n) is 2.45. The molecule has 1 aliphatic rings. The van der Waals surface area contributed by atoms with E-state index in [-0.39, 0.29) is 30.3 Å². The predicted molar refractivity (Wildman–Crippen MR) is 74.8 cm³/mol. The summed E-state index contributed by atoms with van der Waals surface area (Å²) < 4.78 is 25.5. The molecular weight excluding hydrogens is 290 g/mol. The highest BCUT2D eigenvalue weighted by Crippen LogP contribution is 2.38. The van der Waals surface area contributed by atoms with Crippen LogP contribution in [0.5, 0.6) is 11.5 Å². The summed E-state index contributed by atoms with van der Waals surface area (Å²) in [7, 11) is 0. The Hall–Kier alpha value is -1.11. The molecule has 114 valence electrons. The fraction of sp³-hybridized carbons (Fsp3) is 0.538. The van der Waals surface area contributed by atoms with Gasteiger partial charge in [0, 0.05) is 44.2 Å². The Morgan fingerprint density at radius 2 is 1.85 bits per heavy atom. The summed E-state index contributed by atoms with van der Waals surface area (Å²) in [5.74, 6) is -0.571. The molecule has 0 aromatic heterocycles. The minimum absolute atomic E-state index is 0. The zero-order valence-electron chi connectivity index (χ0n) is 10.9. The number of rotatable bonds is 4. The molecule has 0 radical (unpaired) electrons. The smallest absolute Gasteiger partial charge is 0.240 e. The first-order valence-electron chi connectivity index (χ1n) is 6.33. The van der Waals surface area contributed by atoms with Crippen molar-refractivity contribution in [1.82, 2.24) is 10.2 Å². The highest BCUT2D eigenvalue weighted by molar-refractivity contribution is 5.85. The van der Waals surface area contributed by atoms with Crippen molar-refractivity contribution in [1.29, 1.82) is 0 Å². The fourth-order valence-corrected chi connectivity index (χ4v) is 2.45. The summed E-state index contributed by atoms with van der Waals surface area (Å²) in [6.45, 7) is 2.76. The second-order valence-corrected chi connectivity index (χ2v) is 4.64. The van der Waals surface area contributed by atoms with Crippen molar-refractivity contribution in [3.05, 3.63) is 23.8 Å². The molecule has 1 saturated heterocycles. The van der Waals surface area contributed by atoms with E-state index >= 15 is 0 Å². The number of benzene rings is 1. The first kappa shape index (κ1) is 16.9. The Morgan fingerprint density at radius 1 is 1.20 bits per heavy atom. The lowest BCUT2D eigenvalue weighted by atomic mass is 10.00. The average Bonchev–Trinajstić information content (AvgIpc) is 2.40. The van der Waals surface area contributed by atoms with Crippen LogP contribution in [-0.4, -0.2) is 47.7 Å². The number of nitrogens with one attached hydrogen (secondary N) is 1. The normalized spacial score (nSPS) is 17.8. The van der Waals surface area contributed by atoms with Crippen LogP contribution in [0.25, 0.3) is 0 Å². The number of piperazine rings is 1. The van der Waals surface area contributed by atoms with Crippen LogP contribution in [-0.2, 0) is 0 Å². The molecule has 0 saturated carbocycles. The third kappa shape index (κ3) is 3.94. The lowest BCUT2D eigenvalue weighted by molar-refractivity contribution is 0.0728. The van der Waals surface area contributed by atoms with E-state index in [1.54, 1.807) is 12.1 Å². The standard InChI is InChI=1S/C13H18F2N2O2.ClH/c14-12(15)8-10(17-6-4-16-5-7-17)9-2-1-3-11(18)13(9)19;/h1-3,10,12,16,18-19H,4-8H2;1H/t10-;/m1./s1. The van der Waals surface area contributed by atoms with E-state index in [0.29, 0.717) is 18.7 Å². The van der Waals surface area contributed by atoms with E-state index in [4.69, 9.17) is 0 Å². The number of para-hydroxylation sites is 1. The molecule has 0 bridgehead atoms. The van der Waals surface area contributed by atoms with Crippen LogP contribution in [0.3, 0.4) is 0 Å². The maximum absolute atomic E-state index is 12.8. The lowest BCUT2D eigenvalue weighted by Gasteiger charge is -2.35. The topological polar surface area (TPSA) is 55.7 Å². The number of phenolic OH excluding ortho intramolecular Hbond substituents is 2. The molecule has 7 heteroatoms. The van der Waals surface area contributed by atoms with Crippen LogP contribution >= 0.6 is 12.4 Å². The molecule has 1 aromatic carbocycles. The van der Waals surface area contributed by atoms with Crippen LogP contribution in [0.15, 0.2) is 18.2 Å². The van der Waals surface area contributed by atoms with Gasteiger partial charge >= 0.3 is 0 Å². The quantitative estimate of drug-likeness (QED) is 0.746. The number of hydrogen-bond acceptors (Lipinski definition) is 4. The van der Waals surface area contributed by atoms with Gasteiger partial charge in [0.15, 0.2) is 11.5 Å². The van der Waals surface area contributed by atoms with Crippen molar-refractivity contribution in [3.8, 4) is 11.5 Å². The summed E-state index contributed by atoms with van der Waals surface area (Å²) in [5, 5.41) is 22.5. The Kier molecular flexibility index (Phi) is 6.45. The molecule has 20 heavy (non-hydrogen) atoms. The third-order valence-corrected chi connectivity index (χ3v) is 3.40. The van der Waals surface area contributed by atoms with Crippen LogP contribution < -0.4 is 5.32 Å². The zero-order chi connectivity index (χ0) is 13.8. The summed E-state index contributed by atoms with van der Waals surface area (Å²) in [6.07, 6.45) is -2.81. The van der Waals surface area contributed by atoms with Crippen molar-refractivity contribution in [2.75, 3.05) is 26.2 Å². The molecule has 1 fully saturated rings. The van der Waals surface area contributed by atoms with Gasteiger partial charge in [0.05, 0.1) is 0 Å². The molecule has 0 unspecified atom stereocenters. The second kappa shape index (κ2) is 7.61. The zero-order valence-corrected chi connectivity index (χ0v) is 11.7. The summed E-state index contributed by atoms with van der Waals surface area (Å²) >= 11 is 0. The summed E-state index contributed by atoms with van der Waals surface area (Å²) in [6, 6.07) is 3.92. The minimum atomic E-state index is -2.46. The van der Waals surface area contributed by atoms with E-state index in [9.17, 15) is 19.0 Å². The van der Waals surface area contributed by atoms with Crippen molar-refractivity contribution < 1.29 is 19.0 Å². The Balaban J connectivity index is 0.00000200. The molecule has 4 nitrogen and oxygen atoms in total. The molecule has 0 amide bonds. The van der Waals surface area contributed by atoms with Gasteiger partial charge in [-0.05, 0) is 6.07 Å². The second-order valence-electron chi connectivity index (χ2n) is 4.64. The third-order valence-electron chi connectivity index (χ3n) is 3.40. The molecule has 1 atom stereocenters. The number of phenols is 2. The number of nitrogens with zero attached hydrogens (tertiary/aromatic N) is 1. The molecule has 0 aliphatic carbocycles. The molecule has 2 rings (SSSR count). The molecule has 1 heterocycles. The number of aromatic hydroxyl groups is 2. The maximum Gasteiger partial charge on any atom is 0.240 e. The largest absolute Gasteiger partial charge is 0.504 e. The number of alkyl halides is 2. The summed E-state index contributed by atoms with van der Waals surface area (Å²) in [5.41, 5.74) is 0.363. The lowest BCUT2D eigenvalue weighted by Crippen LogP contribution is -2.45. The maximum atomic E-state index is 12.8. The van der Waals surface area contributed by atoms with Crippen molar-refractivity contribution in [2.24, 2.45) is 0 Å². The van der Waals surface area contributed by atoms with Gasteiger partial charge < -0.3 is 15.5 Å². The minimum Gasteiger partial charge on any atom is -0.504 e. The Labute approximate surface area is 122 Å². The molecular formula is C13H19ClF2N2O2. The Bertz CT molecular complexity index is 429. The Morgan fingerprint density at radius 3 is 2.45 bits per heavy atom. The summed E-state index contributed by atoms with van der Waals surface area (Å²) in [4.78, 5) is 1.91. The first-order valence-corrected chi connectivity index (χ1v) is 6.33. The number of halogens is 3. The van der Waals surface area contributed by atoms with Gasteiger partial charge in [-0.3, -0.25) is 4.90 Å². The first-order chi connectivity index (χ1) is 9.09. The van der Waals surface area contributed by atoms with Gasteiger partial charge in [-0.15, -0.1) is 12.4 Å². The molecule has 3 N–H and O–H groups in total. The van der Waals surface area contributed by atoms with Gasteiger partial charge in [0.2, 0.25) is 6.43 Å². The highest BCUT2D eigenvalue weighted by atomic mass is 35.5. The SMILES string of the molecule is Cl.Oc1cccc([C@@H](CC(F)F)N2CCNCC2)c1O. The molecule has 0 spiro atoms. The van der Waals surface area contributed by atoms with Gasteiger partial charge in [-0.1, -0.05) is 12.1 Å². The van der Waals surface area contributed by atoms with E-state index in [2.05, 4.69) is 5.32 Å². The van der Waals surface area contributed by atoms with E-state index in [1.807, 2.05) is 4.90 Å².